The molecule has 0 fully saturated rings. The molecule has 0 amide bonds. The zero-order valence-corrected chi connectivity index (χ0v) is 67.5. The van der Waals surface area contributed by atoms with Gasteiger partial charge in [0.05, 0.1) is 13.2 Å². The van der Waals surface area contributed by atoms with Crippen LogP contribution in [0.2, 0.25) is 0 Å². The molecule has 10 heteroatoms. The van der Waals surface area contributed by atoms with Crippen LogP contribution in [0.15, 0.2) is 97.2 Å². The minimum absolute atomic E-state index is 0.0534. The molecule has 588 valence electrons. The highest BCUT2D eigenvalue weighted by molar-refractivity contribution is 7.47. The third kappa shape index (κ3) is 85.7. The van der Waals surface area contributed by atoms with Crippen LogP contribution < -0.4 is 5.73 Å². The predicted molar refractivity (Wildman–Crippen MR) is 441 cm³/mol. The molecule has 0 aliphatic carbocycles. The fraction of sp³-hybridized carbons (Fsp3) is 0.802. The van der Waals surface area contributed by atoms with Gasteiger partial charge in [-0.2, -0.15) is 0 Å². The van der Waals surface area contributed by atoms with Gasteiger partial charge in [-0.15, -0.1) is 0 Å². The van der Waals surface area contributed by atoms with Crippen molar-refractivity contribution in [1.29, 1.82) is 0 Å². The van der Waals surface area contributed by atoms with Crippen molar-refractivity contribution in [1.82, 2.24) is 0 Å². The number of phosphoric ester groups is 1. The lowest BCUT2D eigenvalue weighted by Gasteiger charge is -2.19. The zero-order valence-electron chi connectivity index (χ0n) is 66.6. The second-order valence-corrected chi connectivity index (χ2v) is 30.8. The summed E-state index contributed by atoms with van der Waals surface area (Å²) in [4.78, 5) is 35.5. The van der Waals surface area contributed by atoms with Crippen LogP contribution in [0, 0.1) is 0 Å². The molecule has 0 rings (SSSR count). The fourth-order valence-electron chi connectivity index (χ4n) is 13.0. The zero-order chi connectivity index (χ0) is 72.9. The maximum absolute atomic E-state index is 12.8. The monoisotopic (exact) mass is 1430 g/mol. The average Bonchev–Trinajstić information content (AvgIpc) is 1.01. The fourth-order valence-corrected chi connectivity index (χ4v) is 13.8. The van der Waals surface area contributed by atoms with E-state index in [-0.39, 0.29) is 38.6 Å². The molecule has 0 heterocycles. The first-order chi connectivity index (χ1) is 49.8. The minimum Gasteiger partial charge on any atom is -0.462 e. The van der Waals surface area contributed by atoms with Crippen molar-refractivity contribution >= 4 is 19.8 Å². The van der Waals surface area contributed by atoms with Gasteiger partial charge in [0.25, 0.3) is 0 Å². The van der Waals surface area contributed by atoms with Crippen LogP contribution in [0.25, 0.3) is 0 Å². The van der Waals surface area contributed by atoms with Gasteiger partial charge < -0.3 is 20.1 Å². The highest BCUT2D eigenvalue weighted by Crippen LogP contribution is 2.43. The Morgan fingerprint density at radius 3 is 0.822 bits per heavy atom. The molecule has 3 N–H and O–H groups in total. The number of allylic oxidation sites excluding steroid dienone is 16. The maximum Gasteiger partial charge on any atom is 0.472 e. The van der Waals surface area contributed by atoms with Crippen molar-refractivity contribution in [3.05, 3.63) is 97.2 Å². The largest absolute Gasteiger partial charge is 0.472 e. The van der Waals surface area contributed by atoms with Gasteiger partial charge >= 0.3 is 19.8 Å². The van der Waals surface area contributed by atoms with Gasteiger partial charge in [-0.3, -0.25) is 18.6 Å². The van der Waals surface area contributed by atoms with Crippen molar-refractivity contribution in [2.75, 3.05) is 26.4 Å². The molecule has 2 atom stereocenters. The summed E-state index contributed by atoms with van der Waals surface area (Å²) in [5.41, 5.74) is 5.42. The van der Waals surface area contributed by atoms with E-state index < -0.39 is 26.5 Å². The van der Waals surface area contributed by atoms with Gasteiger partial charge in [0.1, 0.15) is 6.61 Å². The Labute approximate surface area is 627 Å². The Bertz CT molecular complexity index is 1990. The lowest BCUT2D eigenvalue weighted by molar-refractivity contribution is -0.161. The van der Waals surface area contributed by atoms with E-state index in [1.54, 1.807) is 0 Å². The van der Waals surface area contributed by atoms with Crippen molar-refractivity contribution in [3.63, 3.8) is 0 Å². The molecule has 0 saturated carbocycles. The Kier molecular flexibility index (Phi) is 83.2. The number of hydrogen-bond acceptors (Lipinski definition) is 8. The number of nitrogens with two attached hydrogens (primary N) is 1. The topological polar surface area (TPSA) is 134 Å². The molecule has 0 bridgehead atoms. The smallest absolute Gasteiger partial charge is 0.462 e. The van der Waals surface area contributed by atoms with Crippen LogP contribution >= 0.6 is 7.82 Å². The second-order valence-electron chi connectivity index (χ2n) is 29.4. The molecule has 0 aromatic rings. The molecular formula is C91H166NO8P. The highest BCUT2D eigenvalue weighted by Gasteiger charge is 2.26. The Hall–Kier alpha value is -3.07. The van der Waals surface area contributed by atoms with Gasteiger partial charge in [0, 0.05) is 19.4 Å². The molecule has 0 aliphatic rings. The molecular weight excluding hydrogens is 1270 g/mol. The first-order valence-electron chi connectivity index (χ1n) is 43.7. The Morgan fingerprint density at radius 1 is 0.307 bits per heavy atom. The number of esters is 2. The van der Waals surface area contributed by atoms with E-state index >= 15 is 0 Å². The van der Waals surface area contributed by atoms with Gasteiger partial charge in [0.15, 0.2) is 6.10 Å². The van der Waals surface area contributed by atoms with E-state index in [4.69, 9.17) is 24.3 Å². The van der Waals surface area contributed by atoms with Crippen LogP contribution in [-0.4, -0.2) is 49.3 Å². The van der Waals surface area contributed by atoms with E-state index in [1.165, 1.54) is 321 Å². The summed E-state index contributed by atoms with van der Waals surface area (Å²) in [6.07, 6.45) is 119. The predicted octanol–water partition coefficient (Wildman–Crippen LogP) is 29.8. The quantitative estimate of drug-likeness (QED) is 0.0264. The van der Waals surface area contributed by atoms with E-state index in [0.29, 0.717) is 6.42 Å². The summed E-state index contributed by atoms with van der Waals surface area (Å²) in [6.45, 7) is 3.70. The SMILES string of the molecule is CC/C=C\C/C=C\C/C=C\C/C=C\C/C=C\C/C=C\C/C=C\CCCCCCCCCCCCCCCCCCCC(=O)OC(COC(=O)CCCCCCCCCCCCCCCCCCCCCCCCCCCCCCC/C=C\CCCCCCCCCC)COP(=O)(O)OCCN. The number of ether oxygens (including phenoxy) is 2. The molecule has 0 saturated heterocycles. The summed E-state index contributed by atoms with van der Waals surface area (Å²) in [5.74, 6) is -0.807. The maximum atomic E-state index is 12.8. The van der Waals surface area contributed by atoms with Crippen molar-refractivity contribution < 1.29 is 37.6 Å². The van der Waals surface area contributed by atoms with Gasteiger partial charge in [-0.25, -0.2) is 4.57 Å². The molecule has 0 aromatic carbocycles. The Balaban J connectivity index is 3.74. The highest BCUT2D eigenvalue weighted by atomic mass is 31.2. The summed E-state index contributed by atoms with van der Waals surface area (Å²) < 4.78 is 33.3. The van der Waals surface area contributed by atoms with Crippen LogP contribution in [0.5, 0.6) is 0 Å². The number of rotatable bonds is 83. The molecule has 0 aromatic heterocycles. The first-order valence-corrected chi connectivity index (χ1v) is 45.2. The van der Waals surface area contributed by atoms with Crippen LogP contribution in [0.3, 0.4) is 0 Å². The van der Waals surface area contributed by atoms with Crippen molar-refractivity contribution in [2.24, 2.45) is 5.73 Å². The lowest BCUT2D eigenvalue weighted by Crippen LogP contribution is -2.29. The average molecular weight is 1430 g/mol. The van der Waals surface area contributed by atoms with Crippen molar-refractivity contribution in [2.45, 2.75) is 444 Å². The van der Waals surface area contributed by atoms with Gasteiger partial charge in [0.2, 0.25) is 0 Å². The minimum atomic E-state index is -4.40. The van der Waals surface area contributed by atoms with E-state index in [2.05, 4.69) is 111 Å². The lowest BCUT2D eigenvalue weighted by atomic mass is 10.0. The number of phosphoric acid groups is 1. The molecule has 9 nitrogen and oxygen atoms in total. The van der Waals surface area contributed by atoms with Crippen molar-refractivity contribution in [3.8, 4) is 0 Å². The van der Waals surface area contributed by atoms with Gasteiger partial charge in [-0.1, -0.05) is 426 Å². The number of carbonyl (C=O) groups excluding carboxylic acids is 2. The number of carbonyl (C=O) groups is 2. The summed E-state index contributed by atoms with van der Waals surface area (Å²) in [7, 11) is -4.40. The summed E-state index contributed by atoms with van der Waals surface area (Å²) in [5, 5.41) is 0. The van der Waals surface area contributed by atoms with E-state index in [1.807, 2.05) is 0 Å². The molecule has 2 unspecified atom stereocenters. The Morgan fingerprint density at radius 2 is 0.545 bits per heavy atom. The second kappa shape index (κ2) is 85.9. The third-order valence-corrected chi connectivity index (χ3v) is 20.4. The number of unbranched alkanes of at least 4 members (excludes halogenated alkanes) is 54. The molecule has 0 aliphatic heterocycles. The molecule has 0 radical (unpaired) electrons. The standard InChI is InChI=1S/C91H166NO8P/c1-3-5-7-9-11-13-15-17-19-21-23-25-27-29-31-33-35-37-39-41-43-44-46-47-49-51-53-55-57-59-61-63-65-67-69-71-73-75-77-79-81-83-90(93)97-87-89(88-99-101(95,96)98-86-85-92)100-91(94)84-82-80-78-76-74-72-70-68-66-64-62-60-58-56-54-52-50-48-45-42-40-38-36-34-32-30-28-26-24-22-20-18-16-14-12-10-8-6-4-2/h6,8,12,14,18,20-21,23-24,26,30,32,36,38,42,45,89H,3-5,7,9-11,13,15-17,19,22,25,27-29,31,33-35,37,39-41,43-44,46-88,92H2,1-2H3,(H,95,96)/b8-6-,14-12-,20-18-,23-21-,26-24-,32-30-,38-36-,45-42-. The van der Waals surface area contributed by atoms with Crippen LogP contribution in [-0.2, 0) is 32.7 Å². The van der Waals surface area contributed by atoms with Crippen LogP contribution in [0.1, 0.15) is 438 Å². The molecule has 101 heavy (non-hydrogen) atoms. The van der Waals surface area contributed by atoms with Crippen LogP contribution in [0.4, 0.5) is 0 Å². The normalized spacial score (nSPS) is 13.3. The van der Waals surface area contributed by atoms with Gasteiger partial charge in [-0.05, 0) is 96.3 Å². The summed E-state index contributed by atoms with van der Waals surface area (Å²) >= 11 is 0. The van der Waals surface area contributed by atoms with E-state index in [9.17, 15) is 19.0 Å². The summed E-state index contributed by atoms with van der Waals surface area (Å²) in [6, 6.07) is 0. The molecule has 0 spiro atoms. The first kappa shape index (κ1) is 97.9. The third-order valence-electron chi connectivity index (χ3n) is 19.5. The number of hydrogen-bond donors (Lipinski definition) is 2. The van der Waals surface area contributed by atoms with E-state index in [0.717, 1.165) is 83.5 Å².